The molecule has 1 aliphatic heterocycles. The van der Waals surface area contributed by atoms with Gasteiger partial charge in [-0.1, -0.05) is 0 Å². The number of hydrogen-bond acceptors (Lipinski definition) is 11. The normalized spacial score (nSPS) is 20.6. The number of hydrogen-bond donors (Lipinski definition) is 1. The number of esters is 2. The molecule has 1 amide bonds. The first-order chi connectivity index (χ1) is 18.3. The first-order valence-corrected chi connectivity index (χ1v) is 10.7. The van der Waals surface area contributed by atoms with E-state index in [-0.39, 0.29) is 22.5 Å². The second kappa shape index (κ2) is 11.8. The lowest BCUT2D eigenvalue weighted by Gasteiger charge is -2.25. The minimum Gasteiger partial charge on any atom is -0.459 e. The highest BCUT2D eigenvalue weighted by Crippen LogP contribution is 2.28. The van der Waals surface area contributed by atoms with E-state index in [4.69, 9.17) is 18.9 Å². The van der Waals surface area contributed by atoms with Crippen LogP contribution in [0.2, 0.25) is 0 Å². The van der Waals surface area contributed by atoms with Crippen molar-refractivity contribution in [2.24, 2.45) is 0 Å². The Hall–Kier alpha value is -4.64. The highest BCUT2D eigenvalue weighted by Gasteiger charge is 2.51. The molecular formula is C22H18F3N3O11. The number of ether oxygens (including phenoxy) is 4. The van der Waals surface area contributed by atoms with E-state index in [9.17, 15) is 47.8 Å². The maximum absolute atomic E-state index is 13.0. The number of nitrogens with one attached hydrogen (secondary N) is 1. The molecule has 0 spiro atoms. The number of methoxy groups -OCH3 is 1. The summed E-state index contributed by atoms with van der Waals surface area (Å²) in [5, 5.41) is 23.2. The average Bonchev–Trinajstić information content (AvgIpc) is 3.22. The van der Waals surface area contributed by atoms with Gasteiger partial charge in [0.2, 0.25) is 0 Å². The predicted octanol–water partition coefficient (Wildman–Crippen LogP) is 2.30. The van der Waals surface area contributed by atoms with Crippen LogP contribution in [-0.4, -0.2) is 72.1 Å². The van der Waals surface area contributed by atoms with E-state index in [0.29, 0.717) is 0 Å². The number of halogens is 3. The van der Waals surface area contributed by atoms with Crippen molar-refractivity contribution in [2.75, 3.05) is 13.7 Å². The van der Waals surface area contributed by atoms with Crippen LogP contribution >= 0.6 is 0 Å². The molecule has 0 unspecified atom stereocenters. The van der Waals surface area contributed by atoms with Crippen LogP contribution in [0.1, 0.15) is 20.7 Å². The number of nitrogens with zero attached hydrogens (tertiary/aromatic N) is 2. The molecule has 0 aromatic heterocycles. The zero-order valence-electron chi connectivity index (χ0n) is 19.7. The molecule has 1 N–H and O–H groups in total. The summed E-state index contributed by atoms with van der Waals surface area (Å²) in [6.07, 6.45) is -10.0. The lowest BCUT2D eigenvalue weighted by molar-refractivity contribution is -0.385. The van der Waals surface area contributed by atoms with Gasteiger partial charge >= 0.3 is 24.0 Å². The minimum atomic E-state index is -5.34. The van der Waals surface area contributed by atoms with Gasteiger partial charge < -0.3 is 24.3 Å². The van der Waals surface area contributed by atoms with Crippen molar-refractivity contribution in [3.8, 4) is 0 Å². The first kappa shape index (κ1) is 28.9. The fourth-order valence-electron chi connectivity index (χ4n) is 3.46. The van der Waals surface area contributed by atoms with E-state index in [1.54, 1.807) is 5.32 Å². The summed E-state index contributed by atoms with van der Waals surface area (Å²) in [5.41, 5.74) is -0.972. The smallest absolute Gasteiger partial charge is 0.459 e. The monoisotopic (exact) mass is 557 g/mol. The molecule has 1 fully saturated rings. The molecule has 2 aromatic rings. The lowest BCUT2D eigenvalue weighted by atomic mass is 10.1. The quantitative estimate of drug-likeness (QED) is 0.271. The highest BCUT2D eigenvalue weighted by atomic mass is 19.4. The molecule has 208 valence electrons. The van der Waals surface area contributed by atoms with E-state index in [2.05, 4.69) is 0 Å². The molecule has 0 radical (unpaired) electrons. The van der Waals surface area contributed by atoms with E-state index in [1.807, 2.05) is 0 Å². The minimum absolute atomic E-state index is 0.126. The van der Waals surface area contributed by atoms with Crippen molar-refractivity contribution >= 4 is 29.2 Å². The van der Waals surface area contributed by atoms with Crippen LogP contribution in [0.3, 0.4) is 0 Å². The fraction of sp³-hybridized carbons (Fsp3) is 0.318. The van der Waals surface area contributed by atoms with Gasteiger partial charge in [0.25, 0.3) is 11.4 Å². The summed E-state index contributed by atoms with van der Waals surface area (Å²) in [6.45, 7) is -0.746. The third-order valence-electron chi connectivity index (χ3n) is 5.37. The Morgan fingerprint density at radius 3 is 1.85 bits per heavy atom. The third kappa shape index (κ3) is 7.02. The van der Waals surface area contributed by atoms with Crippen molar-refractivity contribution in [2.45, 2.75) is 30.7 Å². The number of rotatable bonds is 9. The van der Waals surface area contributed by atoms with Gasteiger partial charge in [0.15, 0.2) is 12.4 Å². The molecule has 14 nitrogen and oxygen atoms in total. The standard InChI is InChI=1S/C22H18F3N3O11/c1-36-20-17(39-19(30)12-4-8-14(9-5-12)28(34)35)16(26-21(31)22(23,24)25)15(38-20)10-37-18(29)11-2-6-13(7-3-11)27(32)33/h2-9,15-17,20H,10H2,1H3,(H,26,31)/t15-,16-,17-,20-/m1/s1. The summed E-state index contributed by atoms with van der Waals surface area (Å²) in [7, 11) is 1.07. The third-order valence-corrected chi connectivity index (χ3v) is 5.37. The molecule has 1 heterocycles. The number of carbonyl (C=O) groups is 3. The van der Waals surface area contributed by atoms with Gasteiger partial charge in [-0.15, -0.1) is 0 Å². The first-order valence-electron chi connectivity index (χ1n) is 10.7. The van der Waals surface area contributed by atoms with E-state index in [0.717, 1.165) is 55.6 Å². The molecule has 4 atom stereocenters. The number of amides is 1. The second-order valence-electron chi connectivity index (χ2n) is 7.85. The molecular weight excluding hydrogens is 539 g/mol. The summed E-state index contributed by atoms with van der Waals surface area (Å²) >= 11 is 0. The second-order valence-corrected chi connectivity index (χ2v) is 7.85. The van der Waals surface area contributed by atoms with E-state index in [1.165, 1.54) is 0 Å². The van der Waals surface area contributed by atoms with Crippen molar-refractivity contribution < 1.29 is 56.3 Å². The molecule has 0 bridgehead atoms. The Morgan fingerprint density at radius 2 is 1.41 bits per heavy atom. The number of alkyl halides is 3. The van der Waals surface area contributed by atoms with Crippen molar-refractivity contribution in [3.05, 3.63) is 79.9 Å². The van der Waals surface area contributed by atoms with Crippen LogP contribution in [0.25, 0.3) is 0 Å². The van der Waals surface area contributed by atoms with Crippen LogP contribution < -0.4 is 5.32 Å². The van der Waals surface area contributed by atoms with Crippen LogP contribution in [-0.2, 0) is 23.7 Å². The maximum Gasteiger partial charge on any atom is 0.471 e. The number of nitro groups is 2. The SMILES string of the molecule is CO[C@@H]1O[C@H](COC(=O)c2ccc([N+](=O)[O-])cc2)[C@@H](NC(=O)C(F)(F)F)[C@H]1OC(=O)c1ccc([N+](=O)[O-])cc1. The van der Waals surface area contributed by atoms with Gasteiger partial charge in [-0.25, -0.2) is 9.59 Å². The number of nitro benzene ring substituents is 2. The average molecular weight is 557 g/mol. The maximum atomic E-state index is 13.0. The van der Waals surface area contributed by atoms with Crippen molar-refractivity contribution in [1.82, 2.24) is 5.32 Å². The highest BCUT2D eigenvalue weighted by molar-refractivity contribution is 5.90. The molecule has 0 saturated carbocycles. The van der Waals surface area contributed by atoms with Crippen LogP contribution in [0, 0.1) is 20.2 Å². The largest absolute Gasteiger partial charge is 0.471 e. The van der Waals surface area contributed by atoms with Gasteiger partial charge in [0.1, 0.15) is 18.8 Å². The molecule has 3 rings (SSSR count). The van der Waals surface area contributed by atoms with Crippen LogP contribution in [0.4, 0.5) is 24.5 Å². The van der Waals surface area contributed by atoms with Gasteiger partial charge in [0, 0.05) is 31.4 Å². The van der Waals surface area contributed by atoms with Crippen LogP contribution in [0.5, 0.6) is 0 Å². The Morgan fingerprint density at radius 1 is 0.923 bits per heavy atom. The van der Waals surface area contributed by atoms with Crippen LogP contribution in [0.15, 0.2) is 48.5 Å². The van der Waals surface area contributed by atoms with Gasteiger partial charge in [-0.05, 0) is 24.3 Å². The van der Waals surface area contributed by atoms with Gasteiger partial charge in [-0.3, -0.25) is 25.0 Å². The van der Waals surface area contributed by atoms with Crippen molar-refractivity contribution in [1.29, 1.82) is 0 Å². The predicted molar refractivity (Wildman–Crippen MR) is 119 cm³/mol. The Balaban J connectivity index is 1.79. The number of non-ortho nitro benzene ring substituents is 2. The summed E-state index contributed by atoms with van der Waals surface area (Å²) in [6, 6.07) is 6.61. The molecule has 39 heavy (non-hydrogen) atoms. The number of benzene rings is 2. The summed E-state index contributed by atoms with van der Waals surface area (Å²) in [5.74, 6) is -4.55. The lowest BCUT2D eigenvalue weighted by Crippen LogP contribution is -2.54. The van der Waals surface area contributed by atoms with Gasteiger partial charge in [-0.2, -0.15) is 13.2 Å². The number of carbonyl (C=O) groups excluding carboxylic acids is 3. The Labute approximate surface area is 215 Å². The van der Waals surface area contributed by atoms with Gasteiger partial charge in [0.05, 0.1) is 21.0 Å². The molecule has 1 aliphatic rings. The van der Waals surface area contributed by atoms with E-state index < -0.39 is 65.0 Å². The summed E-state index contributed by atoms with van der Waals surface area (Å²) in [4.78, 5) is 56.9. The zero-order chi connectivity index (χ0) is 28.9. The molecule has 17 heteroatoms. The molecule has 0 aliphatic carbocycles. The molecule has 1 saturated heterocycles. The zero-order valence-corrected chi connectivity index (χ0v) is 19.7. The molecule has 2 aromatic carbocycles. The van der Waals surface area contributed by atoms with E-state index >= 15 is 0 Å². The summed E-state index contributed by atoms with van der Waals surface area (Å²) < 4.78 is 59.8. The topological polar surface area (TPSA) is 186 Å². The van der Waals surface area contributed by atoms with Crippen molar-refractivity contribution in [3.63, 3.8) is 0 Å². The Bertz CT molecular complexity index is 1250. The Kier molecular flexibility index (Phi) is 8.77. The fourth-order valence-corrected chi connectivity index (χ4v) is 3.46.